The molecule has 0 aromatic rings. The van der Waals surface area contributed by atoms with Gasteiger partial charge in [0.05, 0.1) is 144 Å². The molecule has 0 unspecified atom stereocenters. The molecule has 0 spiro atoms. The van der Waals surface area contributed by atoms with E-state index in [2.05, 4.69) is 16.0 Å². The Hall–Kier alpha value is -4.03. The summed E-state index contributed by atoms with van der Waals surface area (Å²) in [7, 11) is 0. The summed E-state index contributed by atoms with van der Waals surface area (Å²) in [6.45, 7) is 19.0. The van der Waals surface area contributed by atoms with Gasteiger partial charge in [-0.1, -0.05) is 34.6 Å². The van der Waals surface area contributed by atoms with Crippen molar-refractivity contribution in [3.05, 3.63) is 0 Å². The van der Waals surface area contributed by atoms with Gasteiger partial charge in [0, 0.05) is 83.4 Å². The topological polar surface area (TPSA) is 306 Å². The van der Waals surface area contributed by atoms with Gasteiger partial charge in [-0.3, -0.25) is 53.2 Å². The molecule has 79 heavy (non-hydrogen) atoms. The van der Waals surface area contributed by atoms with E-state index in [1.807, 2.05) is 39.5 Å². The van der Waals surface area contributed by atoms with Crippen LogP contribution in [0.5, 0.6) is 0 Å². The van der Waals surface area contributed by atoms with Crippen molar-refractivity contribution in [1.29, 1.82) is 0 Å². The number of carbonyl (C=O) groups is 7. The van der Waals surface area contributed by atoms with Gasteiger partial charge in [-0.15, -0.1) is 0 Å². The van der Waals surface area contributed by atoms with Crippen LogP contribution in [-0.2, 0) is 71.5 Å². The molecule has 2 aliphatic rings. The summed E-state index contributed by atoms with van der Waals surface area (Å²) >= 11 is 0. The number of aliphatic carboxylic acids is 3. The normalized spacial score (nSPS) is 17.1. The highest BCUT2D eigenvalue weighted by molar-refractivity contribution is 5.89. The number of ketones is 1. The van der Waals surface area contributed by atoms with Gasteiger partial charge in [0.2, 0.25) is 17.7 Å². The largest absolute Gasteiger partial charge is 0.480 e. The minimum absolute atomic E-state index is 0.0226. The molecule has 2 heterocycles. The van der Waals surface area contributed by atoms with E-state index in [0.717, 1.165) is 19.3 Å². The summed E-state index contributed by atoms with van der Waals surface area (Å²) in [5, 5.41) is 37.4. The maximum Gasteiger partial charge on any atom is 0.317 e. The second-order valence-corrected chi connectivity index (χ2v) is 20.8. The van der Waals surface area contributed by atoms with Crippen molar-refractivity contribution >= 4 is 41.4 Å². The molecule has 2 saturated heterocycles. The highest BCUT2D eigenvalue weighted by Crippen LogP contribution is 2.21. The minimum Gasteiger partial charge on any atom is -0.480 e. The smallest absolute Gasteiger partial charge is 0.317 e. The number of nitrogens with zero attached hydrogens (tertiary/aromatic N) is 5. The van der Waals surface area contributed by atoms with Crippen molar-refractivity contribution < 1.29 is 86.8 Å². The van der Waals surface area contributed by atoms with Gasteiger partial charge in [0.1, 0.15) is 6.04 Å². The Morgan fingerprint density at radius 1 is 0.494 bits per heavy atom. The number of ether oxygens (including phenoxy) is 8. The number of carbonyl (C=O) groups excluding carboxylic acids is 4. The standard InChI is InChI=1S/C53H98N8O18/c1-43(2)56-44(51(70)53(3,4)5)9-6-7-12-55-52(71)45-10-8-14-61(45)47(63)11-23-72-25-27-74-29-31-76-33-35-78-37-38-79-36-34-77-32-30-75-28-26-73-24-13-54-46(62)39-57-15-17-58(40-48(64)65)19-21-60(42-50(68)69)22-20-59(18-16-57)41-49(66)67/h43-45,56H,6-42H2,1-5H3,(H,54,62)(H,55,71)(H,64,65)(H,66,67)(H,68,69)/t44-,45-/m1/s1. The second kappa shape index (κ2) is 43.7. The van der Waals surface area contributed by atoms with Gasteiger partial charge >= 0.3 is 17.9 Å². The van der Waals surface area contributed by atoms with E-state index in [0.29, 0.717) is 171 Å². The molecule has 2 aliphatic heterocycles. The molecule has 6 N–H and O–H groups in total. The van der Waals surface area contributed by atoms with Crippen molar-refractivity contribution in [1.82, 2.24) is 40.4 Å². The Kier molecular flexibility index (Phi) is 39.3. The van der Waals surface area contributed by atoms with E-state index in [1.165, 1.54) is 0 Å². The molecular formula is C53H98N8O18. The maximum absolute atomic E-state index is 13.0. The van der Waals surface area contributed by atoms with Gasteiger partial charge in [-0.2, -0.15) is 0 Å². The molecule has 0 saturated carbocycles. The fourth-order valence-electron chi connectivity index (χ4n) is 8.61. The molecule has 0 aromatic carbocycles. The lowest BCUT2D eigenvalue weighted by Crippen LogP contribution is -2.50. The Bertz CT molecular complexity index is 1680. The maximum atomic E-state index is 13.0. The first-order chi connectivity index (χ1) is 37.8. The summed E-state index contributed by atoms with van der Waals surface area (Å²) in [4.78, 5) is 94.6. The average Bonchev–Trinajstić information content (AvgIpc) is 3.88. The van der Waals surface area contributed by atoms with Crippen LogP contribution in [0, 0.1) is 5.41 Å². The number of Topliss-reactive ketones (excluding diaryl/α,β-unsaturated/α-hetero) is 1. The van der Waals surface area contributed by atoms with Crippen LogP contribution in [0.3, 0.4) is 0 Å². The molecule has 0 aliphatic carbocycles. The number of rotatable bonds is 44. The Morgan fingerprint density at radius 2 is 0.873 bits per heavy atom. The molecule has 3 amide bonds. The van der Waals surface area contributed by atoms with E-state index >= 15 is 0 Å². The Morgan fingerprint density at radius 3 is 1.25 bits per heavy atom. The Balaban J connectivity index is 1.39. The van der Waals surface area contributed by atoms with Crippen LogP contribution in [0.2, 0.25) is 0 Å². The fourth-order valence-corrected chi connectivity index (χ4v) is 8.61. The van der Waals surface area contributed by atoms with E-state index in [1.54, 1.807) is 19.6 Å². The lowest BCUT2D eigenvalue weighted by molar-refractivity contribution is -0.140. The van der Waals surface area contributed by atoms with E-state index in [9.17, 15) is 48.9 Å². The van der Waals surface area contributed by atoms with Crippen molar-refractivity contribution in [2.75, 3.05) is 204 Å². The van der Waals surface area contributed by atoms with Crippen LogP contribution in [0.4, 0.5) is 0 Å². The summed E-state index contributed by atoms with van der Waals surface area (Å²) in [6.07, 6.45) is 3.89. The number of amides is 3. The molecule has 2 rings (SSSR count). The monoisotopic (exact) mass is 1130 g/mol. The quantitative estimate of drug-likeness (QED) is 0.0414. The molecule has 26 nitrogen and oxygen atoms in total. The molecule has 26 heteroatoms. The highest BCUT2D eigenvalue weighted by Gasteiger charge is 2.34. The molecule has 458 valence electrons. The number of nitrogens with one attached hydrogen (secondary N) is 3. The average molecular weight is 1140 g/mol. The lowest BCUT2D eigenvalue weighted by atomic mass is 9.84. The van der Waals surface area contributed by atoms with E-state index < -0.39 is 29.4 Å². The highest BCUT2D eigenvalue weighted by atomic mass is 16.6. The molecule has 0 aromatic heterocycles. The van der Waals surface area contributed by atoms with E-state index in [-0.39, 0.29) is 87.9 Å². The number of hydrogen-bond acceptors (Lipinski definition) is 20. The zero-order valence-electron chi connectivity index (χ0n) is 48.1. The van der Waals surface area contributed by atoms with Gasteiger partial charge in [0.15, 0.2) is 5.78 Å². The fraction of sp³-hybridized carbons (Fsp3) is 0.868. The molecule has 0 radical (unpaired) electrons. The molecule has 2 atom stereocenters. The molecule has 2 fully saturated rings. The van der Waals surface area contributed by atoms with E-state index in [4.69, 9.17) is 37.9 Å². The lowest BCUT2D eigenvalue weighted by Gasteiger charge is -2.32. The number of likely N-dealkylation sites (tertiary alicyclic amines) is 1. The molecule has 0 bridgehead atoms. The Labute approximate surface area is 468 Å². The summed E-state index contributed by atoms with van der Waals surface area (Å²) in [5.74, 6) is -3.35. The first-order valence-corrected chi connectivity index (χ1v) is 28.2. The van der Waals surface area contributed by atoms with Crippen molar-refractivity contribution in [2.24, 2.45) is 5.41 Å². The van der Waals surface area contributed by atoms with Crippen molar-refractivity contribution in [3.8, 4) is 0 Å². The van der Waals surface area contributed by atoms with Gasteiger partial charge in [0.25, 0.3) is 0 Å². The van der Waals surface area contributed by atoms with Crippen LogP contribution in [-0.4, -0.2) is 303 Å². The van der Waals surface area contributed by atoms with Crippen LogP contribution in [0.15, 0.2) is 0 Å². The van der Waals surface area contributed by atoms with Gasteiger partial charge < -0.3 is 74.1 Å². The van der Waals surface area contributed by atoms with Crippen LogP contribution in [0.1, 0.15) is 73.1 Å². The molecular weight excluding hydrogens is 1040 g/mol. The summed E-state index contributed by atoms with van der Waals surface area (Å²) in [6, 6.07) is -0.478. The van der Waals surface area contributed by atoms with Gasteiger partial charge in [-0.05, 0) is 32.1 Å². The van der Waals surface area contributed by atoms with Crippen molar-refractivity contribution in [3.63, 3.8) is 0 Å². The second-order valence-electron chi connectivity index (χ2n) is 20.8. The van der Waals surface area contributed by atoms with Crippen molar-refractivity contribution in [2.45, 2.75) is 91.3 Å². The third-order valence-electron chi connectivity index (χ3n) is 12.7. The van der Waals surface area contributed by atoms with Crippen LogP contribution in [0.25, 0.3) is 0 Å². The predicted octanol–water partition coefficient (Wildman–Crippen LogP) is -0.640. The first kappa shape index (κ1) is 71.1. The van der Waals surface area contributed by atoms with Crippen LogP contribution < -0.4 is 16.0 Å². The van der Waals surface area contributed by atoms with Gasteiger partial charge in [-0.25, -0.2) is 0 Å². The summed E-state index contributed by atoms with van der Waals surface area (Å²) < 4.78 is 44.4. The number of hydrogen-bond donors (Lipinski definition) is 6. The number of carboxylic acids is 3. The minimum atomic E-state index is -1.03. The zero-order chi connectivity index (χ0) is 58.1. The third kappa shape index (κ3) is 36.8. The number of carboxylic acid groups (broad SMARTS) is 3. The SMILES string of the molecule is CC(C)N[C@H](CCCCNC(=O)[C@H]1CCCN1C(=O)CCOCCOCCOCCOCCOCCOCCOCCOCCNC(=O)CN1CCN(CC(=O)O)CCN(CC(=O)O)CCN(CC(=O)O)CC1)C(=O)C(C)(C)C. The summed E-state index contributed by atoms with van der Waals surface area (Å²) in [5.41, 5.74) is -0.423. The first-order valence-electron chi connectivity index (χ1n) is 28.2. The third-order valence-corrected chi connectivity index (χ3v) is 12.7. The van der Waals surface area contributed by atoms with Crippen LogP contribution >= 0.6 is 0 Å². The predicted molar refractivity (Wildman–Crippen MR) is 291 cm³/mol. The zero-order valence-corrected chi connectivity index (χ0v) is 48.1. The number of unbranched alkanes of at least 4 members (excludes halogenated alkanes) is 1.